The average molecular weight is 280 g/mol. The van der Waals surface area contributed by atoms with Gasteiger partial charge in [0.15, 0.2) is 0 Å². The van der Waals surface area contributed by atoms with Crippen LogP contribution in [0, 0.1) is 23.8 Å². The Kier molecular flexibility index (Phi) is 4.27. The van der Waals surface area contributed by atoms with Crippen LogP contribution in [0.3, 0.4) is 0 Å². The molecule has 0 unspecified atom stereocenters. The van der Waals surface area contributed by atoms with E-state index in [9.17, 15) is 4.79 Å². The van der Waals surface area contributed by atoms with Crippen LogP contribution < -0.4 is 10.9 Å². The van der Waals surface area contributed by atoms with E-state index in [4.69, 9.17) is 11.8 Å². The normalized spacial score (nSPS) is 18.0. The average Bonchev–Trinajstić information content (AvgIpc) is 2.49. The Labute approximate surface area is 121 Å². The summed E-state index contributed by atoms with van der Waals surface area (Å²) >= 11 is 0. The number of benzene rings is 1. The molecule has 0 aliphatic carbocycles. The number of hydrogen-bond donors (Lipinski definition) is 2. The van der Waals surface area contributed by atoms with Crippen molar-refractivity contribution in [1.29, 1.82) is 5.26 Å². The maximum atomic E-state index is 11.2. The van der Waals surface area contributed by atoms with Gasteiger partial charge < -0.3 is 4.85 Å². The number of nitrogens with one attached hydrogen (secondary N) is 2. The monoisotopic (exact) mass is 280 g/mol. The molecule has 1 aromatic rings. The lowest BCUT2D eigenvalue weighted by molar-refractivity contribution is -0.121. The SMILES string of the molecule is [C-]#[N+]/C(C#N)=N/Nc1ccc(C2=NNC(=O)C[C@H]2C)cc1. The zero-order valence-corrected chi connectivity index (χ0v) is 11.3. The number of hydrazone groups is 2. The molecule has 1 aliphatic heterocycles. The molecule has 0 saturated heterocycles. The first-order valence-corrected chi connectivity index (χ1v) is 6.22. The first-order valence-electron chi connectivity index (χ1n) is 6.22. The van der Waals surface area contributed by atoms with Crippen molar-refractivity contribution < 1.29 is 4.79 Å². The van der Waals surface area contributed by atoms with Gasteiger partial charge in [0.05, 0.1) is 11.4 Å². The molecule has 2 rings (SSSR count). The number of nitriles is 1. The van der Waals surface area contributed by atoms with E-state index < -0.39 is 0 Å². The van der Waals surface area contributed by atoms with Gasteiger partial charge in [0.1, 0.15) is 6.07 Å². The van der Waals surface area contributed by atoms with Crippen LogP contribution in [0.1, 0.15) is 18.9 Å². The summed E-state index contributed by atoms with van der Waals surface area (Å²) in [6, 6.07) is 8.89. The predicted octanol–water partition coefficient (Wildman–Crippen LogP) is 1.71. The standard InChI is InChI=1S/C14H12N6O/c1-9-7-13(21)19-20-14(9)10-3-5-11(6-4-10)17-18-12(8-15)16-2/h3-6,9,17H,7H2,1H3,(H,19,21)/b18-12+/t9-/m1/s1. The van der Waals surface area contributed by atoms with Crippen LogP contribution >= 0.6 is 0 Å². The Hall–Kier alpha value is -3.19. The molecule has 0 fully saturated rings. The minimum atomic E-state index is -0.257. The van der Waals surface area contributed by atoms with Crippen LogP contribution in [0.4, 0.5) is 5.69 Å². The summed E-state index contributed by atoms with van der Waals surface area (Å²) in [5.74, 6) is -0.281. The maximum absolute atomic E-state index is 11.2. The number of nitrogens with zero attached hydrogens (tertiary/aromatic N) is 4. The second-order valence-corrected chi connectivity index (χ2v) is 4.49. The third-order valence-electron chi connectivity index (χ3n) is 2.94. The molecule has 2 N–H and O–H groups in total. The summed E-state index contributed by atoms with van der Waals surface area (Å²) < 4.78 is 0. The Balaban J connectivity index is 2.13. The van der Waals surface area contributed by atoms with Crippen molar-refractivity contribution in [2.75, 3.05) is 5.43 Å². The van der Waals surface area contributed by atoms with E-state index in [1.807, 2.05) is 19.1 Å². The number of carbonyl (C=O) groups excluding carboxylic acids is 1. The van der Waals surface area contributed by atoms with Crippen LogP contribution in [0.2, 0.25) is 0 Å². The van der Waals surface area contributed by atoms with Gasteiger partial charge >= 0.3 is 5.84 Å². The molecule has 1 atom stereocenters. The first kappa shape index (κ1) is 14.2. The van der Waals surface area contributed by atoms with Gasteiger partial charge in [0.25, 0.3) is 0 Å². The molecule has 7 nitrogen and oxygen atoms in total. The minimum Gasteiger partial charge on any atom is -0.350 e. The van der Waals surface area contributed by atoms with Gasteiger partial charge in [-0.25, -0.2) is 16.1 Å². The predicted molar refractivity (Wildman–Crippen MR) is 78.2 cm³/mol. The summed E-state index contributed by atoms with van der Waals surface area (Å²) in [5, 5.41) is 16.3. The maximum Gasteiger partial charge on any atom is 0.371 e. The Morgan fingerprint density at radius 1 is 1.57 bits per heavy atom. The van der Waals surface area contributed by atoms with Crippen LogP contribution in [0.15, 0.2) is 34.5 Å². The van der Waals surface area contributed by atoms with E-state index in [1.54, 1.807) is 18.2 Å². The molecule has 104 valence electrons. The van der Waals surface area contributed by atoms with Crippen LogP contribution in [0.5, 0.6) is 0 Å². The van der Waals surface area contributed by atoms with Gasteiger partial charge in [-0.3, -0.25) is 4.79 Å². The molecule has 7 heteroatoms. The molecule has 1 aliphatic rings. The third kappa shape index (κ3) is 3.43. The number of amidine groups is 1. The fraction of sp³-hybridized carbons (Fsp3) is 0.214. The van der Waals surface area contributed by atoms with Crippen LogP contribution in [0.25, 0.3) is 4.85 Å². The highest BCUT2D eigenvalue weighted by Gasteiger charge is 2.21. The zero-order chi connectivity index (χ0) is 15.2. The number of amides is 1. The largest absolute Gasteiger partial charge is 0.371 e. The number of carbonyl (C=O) groups is 1. The Morgan fingerprint density at radius 3 is 2.86 bits per heavy atom. The van der Waals surface area contributed by atoms with E-state index >= 15 is 0 Å². The van der Waals surface area contributed by atoms with Gasteiger partial charge in [0.2, 0.25) is 5.91 Å². The molecular formula is C14H12N6O. The molecule has 1 aromatic carbocycles. The Morgan fingerprint density at radius 2 is 2.29 bits per heavy atom. The zero-order valence-electron chi connectivity index (χ0n) is 11.3. The lowest BCUT2D eigenvalue weighted by Gasteiger charge is -2.19. The summed E-state index contributed by atoms with van der Waals surface area (Å²) in [4.78, 5) is 14.2. The molecule has 0 bridgehead atoms. The van der Waals surface area contributed by atoms with E-state index in [0.717, 1.165) is 11.3 Å². The second-order valence-electron chi connectivity index (χ2n) is 4.49. The molecule has 0 aromatic heterocycles. The number of rotatable bonds is 3. The topological polar surface area (TPSA) is 94.0 Å². The lowest BCUT2D eigenvalue weighted by Crippen LogP contribution is -2.31. The molecule has 1 heterocycles. The molecule has 0 saturated carbocycles. The highest BCUT2D eigenvalue weighted by Crippen LogP contribution is 2.18. The quantitative estimate of drug-likeness (QED) is 0.382. The van der Waals surface area contributed by atoms with Crippen molar-refractivity contribution in [2.24, 2.45) is 16.1 Å². The third-order valence-corrected chi connectivity index (χ3v) is 2.94. The summed E-state index contributed by atoms with van der Waals surface area (Å²) in [6.45, 7) is 8.66. The first-order chi connectivity index (χ1) is 10.1. The lowest BCUT2D eigenvalue weighted by atomic mass is 9.94. The van der Waals surface area contributed by atoms with Crippen LogP contribution in [-0.2, 0) is 4.79 Å². The number of anilines is 1. The second kappa shape index (κ2) is 6.31. The molecule has 0 radical (unpaired) electrons. The summed E-state index contributed by atoms with van der Waals surface area (Å²) in [6.07, 6.45) is 0.416. The van der Waals surface area contributed by atoms with Crippen molar-refractivity contribution in [2.45, 2.75) is 13.3 Å². The van der Waals surface area contributed by atoms with Crippen molar-refractivity contribution in [3.63, 3.8) is 0 Å². The van der Waals surface area contributed by atoms with Crippen molar-refractivity contribution in [1.82, 2.24) is 5.43 Å². The fourth-order valence-electron chi connectivity index (χ4n) is 1.91. The van der Waals surface area contributed by atoms with Crippen molar-refractivity contribution in [3.05, 3.63) is 41.2 Å². The molecule has 0 spiro atoms. The highest BCUT2D eigenvalue weighted by atomic mass is 16.2. The van der Waals surface area contributed by atoms with E-state index in [1.165, 1.54) is 0 Å². The summed E-state index contributed by atoms with van der Waals surface area (Å²) in [7, 11) is 0. The minimum absolute atomic E-state index is 0.0582. The van der Waals surface area contributed by atoms with Gasteiger partial charge in [-0.15, -0.1) is 0 Å². The van der Waals surface area contributed by atoms with Gasteiger partial charge in [0, 0.05) is 12.3 Å². The van der Waals surface area contributed by atoms with Crippen molar-refractivity contribution >= 4 is 23.1 Å². The van der Waals surface area contributed by atoms with E-state index in [2.05, 4.69) is 25.9 Å². The fourth-order valence-corrected chi connectivity index (χ4v) is 1.91. The Bertz CT molecular complexity index is 674. The highest BCUT2D eigenvalue weighted by molar-refractivity contribution is 6.06. The number of hydrogen-bond acceptors (Lipinski definition) is 5. The van der Waals surface area contributed by atoms with Gasteiger partial charge in [-0.05, 0) is 22.8 Å². The summed E-state index contributed by atoms with van der Waals surface area (Å²) in [5.41, 5.74) is 7.49. The van der Waals surface area contributed by atoms with E-state index in [0.29, 0.717) is 12.1 Å². The van der Waals surface area contributed by atoms with Gasteiger partial charge in [-0.2, -0.15) is 5.10 Å². The van der Waals surface area contributed by atoms with Crippen molar-refractivity contribution in [3.8, 4) is 6.07 Å². The molecular weight excluding hydrogens is 268 g/mol. The van der Waals surface area contributed by atoms with Crippen LogP contribution in [-0.4, -0.2) is 17.5 Å². The van der Waals surface area contributed by atoms with E-state index in [-0.39, 0.29) is 17.7 Å². The smallest absolute Gasteiger partial charge is 0.350 e. The van der Waals surface area contributed by atoms with Gasteiger partial charge in [-0.1, -0.05) is 25.6 Å². The molecule has 21 heavy (non-hydrogen) atoms. The molecule has 1 amide bonds.